The number of hydrogen-bond acceptors (Lipinski definition) is 5. The van der Waals surface area contributed by atoms with Crippen LogP contribution in [0, 0.1) is 0 Å². The highest BCUT2D eigenvalue weighted by atomic mass is 32.1. The predicted octanol–water partition coefficient (Wildman–Crippen LogP) is 1.73. The van der Waals surface area contributed by atoms with Crippen LogP contribution in [0.15, 0.2) is 46.2 Å². The number of nitrogens with zero attached hydrogens (tertiary/aromatic N) is 2. The molecule has 0 saturated carbocycles. The van der Waals surface area contributed by atoms with Gasteiger partial charge in [0.15, 0.2) is 12.4 Å². The molecule has 7 nitrogen and oxygen atoms in total. The fourth-order valence-corrected chi connectivity index (χ4v) is 2.46. The maximum Gasteiger partial charge on any atom is 0.265 e. The first-order valence-electron chi connectivity index (χ1n) is 7.07. The molecule has 2 aromatic rings. The second-order valence-corrected chi connectivity index (χ2v) is 5.87. The minimum absolute atomic E-state index is 0.143. The van der Waals surface area contributed by atoms with Crippen LogP contribution in [-0.4, -0.2) is 43.3 Å². The molecule has 1 heterocycles. The number of thiophene rings is 1. The van der Waals surface area contributed by atoms with Crippen molar-refractivity contribution in [3.8, 4) is 0 Å². The van der Waals surface area contributed by atoms with Crippen LogP contribution in [-0.2, 0) is 9.63 Å². The van der Waals surface area contributed by atoms with E-state index in [1.54, 1.807) is 44.4 Å². The van der Waals surface area contributed by atoms with Crippen LogP contribution < -0.4 is 11.1 Å². The van der Waals surface area contributed by atoms with E-state index >= 15 is 0 Å². The molecule has 0 atom stereocenters. The molecule has 8 heteroatoms. The Morgan fingerprint density at radius 3 is 2.75 bits per heavy atom. The zero-order valence-electron chi connectivity index (χ0n) is 13.4. The number of oxime groups is 1. The molecular formula is C16H18N4O3S. The van der Waals surface area contributed by atoms with Gasteiger partial charge in [-0.2, -0.15) is 11.3 Å². The lowest BCUT2D eigenvalue weighted by atomic mass is 10.2. The number of rotatable bonds is 6. The van der Waals surface area contributed by atoms with Gasteiger partial charge >= 0.3 is 0 Å². The van der Waals surface area contributed by atoms with Gasteiger partial charge in [0.05, 0.1) is 0 Å². The van der Waals surface area contributed by atoms with Crippen LogP contribution in [0.1, 0.15) is 15.9 Å². The fraction of sp³-hybridized carbons (Fsp3) is 0.188. The van der Waals surface area contributed by atoms with E-state index in [0.717, 1.165) is 5.56 Å². The number of benzene rings is 1. The van der Waals surface area contributed by atoms with Crippen molar-refractivity contribution in [1.29, 1.82) is 0 Å². The topological polar surface area (TPSA) is 97.0 Å². The molecule has 2 rings (SSSR count). The third-order valence-corrected chi connectivity index (χ3v) is 3.66. The third kappa shape index (κ3) is 4.82. The highest BCUT2D eigenvalue weighted by molar-refractivity contribution is 7.08. The number of nitrogens with two attached hydrogens (primary N) is 1. The number of carbonyl (C=O) groups excluding carboxylic acids is 2. The second-order valence-electron chi connectivity index (χ2n) is 5.09. The summed E-state index contributed by atoms with van der Waals surface area (Å²) in [6, 6.07) is 8.47. The Balaban J connectivity index is 1.90. The van der Waals surface area contributed by atoms with Crippen LogP contribution >= 0.6 is 11.3 Å². The Labute approximate surface area is 143 Å². The first-order valence-corrected chi connectivity index (χ1v) is 8.01. The maximum atomic E-state index is 11.9. The standard InChI is InChI=1S/C16H18N4O3S/c1-20(2)16(22)11-4-3-5-13(8-11)18-14(21)9-23-19-15(17)12-6-7-24-10-12/h3-8,10H,9H2,1-2H3,(H2,17,19)(H,18,21). The molecule has 2 amide bonds. The van der Waals surface area contributed by atoms with Crippen molar-refractivity contribution in [2.24, 2.45) is 10.9 Å². The van der Waals surface area contributed by atoms with Crippen molar-refractivity contribution in [1.82, 2.24) is 4.90 Å². The Hall–Kier alpha value is -2.87. The van der Waals surface area contributed by atoms with Gasteiger partial charge < -0.3 is 20.8 Å². The zero-order chi connectivity index (χ0) is 17.5. The van der Waals surface area contributed by atoms with E-state index in [1.807, 2.05) is 10.8 Å². The van der Waals surface area contributed by atoms with Gasteiger partial charge in [0.2, 0.25) is 0 Å². The minimum Gasteiger partial charge on any atom is -0.384 e. The van der Waals surface area contributed by atoms with E-state index < -0.39 is 5.91 Å². The SMILES string of the molecule is CN(C)C(=O)c1cccc(NC(=O)CO/N=C(\N)c2ccsc2)c1. The van der Waals surface area contributed by atoms with Crippen molar-refractivity contribution < 1.29 is 14.4 Å². The van der Waals surface area contributed by atoms with Gasteiger partial charge in [-0.15, -0.1) is 0 Å². The fourth-order valence-electron chi connectivity index (χ4n) is 1.81. The van der Waals surface area contributed by atoms with Crippen LogP contribution in [0.2, 0.25) is 0 Å². The molecule has 0 saturated heterocycles. The summed E-state index contributed by atoms with van der Waals surface area (Å²) in [5, 5.41) is 10.0. The van der Waals surface area contributed by atoms with Crippen LogP contribution in [0.3, 0.4) is 0 Å². The summed E-state index contributed by atoms with van der Waals surface area (Å²) in [6.45, 7) is -0.281. The Kier molecular flexibility index (Phi) is 5.91. The molecule has 0 fully saturated rings. The van der Waals surface area contributed by atoms with Crippen molar-refractivity contribution in [3.05, 3.63) is 52.2 Å². The first kappa shape index (κ1) is 17.5. The summed E-state index contributed by atoms with van der Waals surface area (Å²) in [4.78, 5) is 30.2. The monoisotopic (exact) mass is 346 g/mol. The van der Waals surface area contributed by atoms with Gasteiger partial charge in [-0.1, -0.05) is 11.2 Å². The number of amides is 2. The quantitative estimate of drug-likeness (QED) is 0.473. The van der Waals surface area contributed by atoms with E-state index in [4.69, 9.17) is 10.6 Å². The molecule has 24 heavy (non-hydrogen) atoms. The van der Waals surface area contributed by atoms with E-state index in [0.29, 0.717) is 11.3 Å². The number of nitrogens with one attached hydrogen (secondary N) is 1. The van der Waals surface area contributed by atoms with E-state index in [1.165, 1.54) is 16.2 Å². The molecule has 0 unspecified atom stereocenters. The maximum absolute atomic E-state index is 11.9. The third-order valence-electron chi connectivity index (χ3n) is 2.97. The van der Waals surface area contributed by atoms with Crippen molar-refractivity contribution in [3.63, 3.8) is 0 Å². The van der Waals surface area contributed by atoms with Gasteiger partial charge in [-0.3, -0.25) is 9.59 Å². The van der Waals surface area contributed by atoms with Gasteiger partial charge in [-0.05, 0) is 29.6 Å². The highest BCUT2D eigenvalue weighted by Gasteiger charge is 2.10. The number of anilines is 1. The Morgan fingerprint density at radius 1 is 1.29 bits per heavy atom. The van der Waals surface area contributed by atoms with E-state index in [-0.39, 0.29) is 18.3 Å². The first-order chi connectivity index (χ1) is 11.5. The lowest BCUT2D eigenvalue weighted by Gasteiger charge is -2.11. The van der Waals surface area contributed by atoms with E-state index in [9.17, 15) is 9.59 Å². The molecular weight excluding hydrogens is 328 g/mol. The molecule has 0 radical (unpaired) electrons. The number of amidine groups is 1. The summed E-state index contributed by atoms with van der Waals surface area (Å²) in [6.07, 6.45) is 0. The minimum atomic E-state index is -0.397. The summed E-state index contributed by atoms with van der Waals surface area (Å²) in [7, 11) is 3.33. The summed E-state index contributed by atoms with van der Waals surface area (Å²) in [5.41, 5.74) is 7.45. The average Bonchev–Trinajstić information content (AvgIpc) is 3.08. The lowest BCUT2D eigenvalue weighted by Crippen LogP contribution is -2.22. The smallest absolute Gasteiger partial charge is 0.265 e. The second kappa shape index (κ2) is 8.11. The Bertz CT molecular complexity index is 742. The molecule has 0 spiro atoms. The van der Waals surface area contributed by atoms with Gasteiger partial charge in [0.1, 0.15) is 0 Å². The molecule has 0 aliphatic rings. The lowest BCUT2D eigenvalue weighted by molar-refractivity contribution is -0.120. The molecule has 1 aromatic carbocycles. The van der Waals surface area contributed by atoms with Crippen molar-refractivity contribution in [2.45, 2.75) is 0 Å². The van der Waals surface area contributed by atoms with Gasteiger partial charge in [-0.25, -0.2) is 0 Å². The molecule has 0 aliphatic carbocycles. The molecule has 0 aliphatic heterocycles. The van der Waals surface area contributed by atoms with Crippen LogP contribution in [0.5, 0.6) is 0 Å². The zero-order valence-corrected chi connectivity index (χ0v) is 14.2. The number of hydrogen-bond donors (Lipinski definition) is 2. The van der Waals surface area contributed by atoms with Crippen molar-refractivity contribution in [2.75, 3.05) is 26.0 Å². The Morgan fingerprint density at radius 2 is 2.08 bits per heavy atom. The predicted molar refractivity (Wildman–Crippen MR) is 94.1 cm³/mol. The normalized spacial score (nSPS) is 11.0. The average molecular weight is 346 g/mol. The van der Waals surface area contributed by atoms with E-state index in [2.05, 4.69) is 10.5 Å². The van der Waals surface area contributed by atoms with Crippen LogP contribution in [0.4, 0.5) is 5.69 Å². The summed E-state index contributed by atoms with van der Waals surface area (Å²) >= 11 is 1.49. The van der Waals surface area contributed by atoms with Crippen molar-refractivity contribution >= 4 is 34.7 Å². The molecule has 1 aromatic heterocycles. The molecule has 0 bridgehead atoms. The number of carbonyl (C=O) groups is 2. The highest BCUT2D eigenvalue weighted by Crippen LogP contribution is 2.12. The molecule has 3 N–H and O–H groups in total. The van der Waals surface area contributed by atoms with Gasteiger partial charge in [0.25, 0.3) is 11.8 Å². The van der Waals surface area contributed by atoms with Gasteiger partial charge in [0, 0.05) is 36.3 Å². The summed E-state index contributed by atoms with van der Waals surface area (Å²) in [5.74, 6) is -0.329. The van der Waals surface area contributed by atoms with Crippen LogP contribution in [0.25, 0.3) is 0 Å². The molecule has 126 valence electrons. The largest absolute Gasteiger partial charge is 0.384 e. The summed E-state index contributed by atoms with van der Waals surface area (Å²) < 4.78 is 0.